The molecule has 0 aromatic carbocycles. The molecule has 3 rings (SSSR count). The number of carbonyl (C=O) groups excluding carboxylic acids is 1. The first-order chi connectivity index (χ1) is 11.7. The summed E-state index contributed by atoms with van der Waals surface area (Å²) in [6.07, 6.45) is 6.27. The average Bonchev–Trinajstić information content (AvgIpc) is 3.01. The lowest BCUT2D eigenvalue weighted by molar-refractivity contribution is 0.0939. The molecule has 0 radical (unpaired) electrons. The Bertz CT molecular complexity index is 693. The molecule has 130 valence electrons. The number of amides is 1. The van der Waals surface area contributed by atoms with Gasteiger partial charge >= 0.3 is 0 Å². The second-order valence-corrected chi connectivity index (χ2v) is 7.40. The number of thiophene rings is 1. The molecule has 0 unspecified atom stereocenters. The summed E-state index contributed by atoms with van der Waals surface area (Å²) in [6, 6.07) is 4.05. The van der Waals surface area contributed by atoms with Crippen LogP contribution in [0.2, 0.25) is 0 Å². The molecule has 0 atom stereocenters. The van der Waals surface area contributed by atoms with Gasteiger partial charge in [-0.1, -0.05) is 6.07 Å². The van der Waals surface area contributed by atoms with E-state index < -0.39 is 0 Å². The monoisotopic (exact) mass is 347 g/mol. The number of nitrogens with zero attached hydrogens (tertiary/aromatic N) is 1. The van der Waals surface area contributed by atoms with Gasteiger partial charge in [-0.2, -0.15) is 0 Å². The molecule has 1 aliphatic rings. The standard InChI is InChI=1S/C18H25N3O2S/c1-23-10-9-20-17(22)16-15(13-6-4-12(11-19)5-7-13)14-3-2-8-21-18(14)24-16/h2-3,8,12-13H,4-7,9-11,19H2,1H3,(H,20,22). The Kier molecular flexibility index (Phi) is 5.81. The number of nitrogens with two attached hydrogens (primary N) is 1. The highest BCUT2D eigenvalue weighted by molar-refractivity contribution is 7.20. The number of fused-ring (bicyclic) bond motifs is 1. The fourth-order valence-corrected chi connectivity index (χ4v) is 4.71. The maximum Gasteiger partial charge on any atom is 0.261 e. The lowest BCUT2D eigenvalue weighted by Gasteiger charge is -2.28. The highest BCUT2D eigenvalue weighted by Gasteiger charge is 2.28. The molecule has 2 aromatic rings. The maximum atomic E-state index is 12.7. The SMILES string of the molecule is COCCNC(=O)c1sc2ncccc2c1C1CCC(CN)CC1. The molecule has 6 heteroatoms. The Morgan fingerprint density at radius 2 is 2.21 bits per heavy atom. The molecule has 0 aliphatic heterocycles. The van der Waals surface area contributed by atoms with Crippen LogP contribution in [-0.4, -0.2) is 37.7 Å². The first-order valence-electron chi connectivity index (χ1n) is 8.59. The molecule has 5 nitrogen and oxygen atoms in total. The molecule has 1 amide bonds. The normalized spacial score (nSPS) is 21.1. The first kappa shape index (κ1) is 17.3. The molecule has 0 saturated heterocycles. The third-order valence-electron chi connectivity index (χ3n) is 4.89. The quantitative estimate of drug-likeness (QED) is 0.788. The Labute approximate surface area is 146 Å². The van der Waals surface area contributed by atoms with Gasteiger partial charge in [0.2, 0.25) is 0 Å². The first-order valence-corrected chi connectivity index (χ1v) is 9.40. The number of pyridine rings is 1. The molecule has 3 N–H and O–H groups in total. The second kappa shape index (κ2) is 8.05. The molecule has 0 bridgehead atoms. The van der Waals surface area contributed by atoms with Crippen molar-refractivity contribution in [3.05, 3.63) is 28.8 Å². The number of carbonyl (C=O) groups is 1. The molecule has 24 heavy (non-hydrogen) atoms. The molecular formula is C18H25N3O2S. The predicted octanol–water partition coefficient (Wildman–Crippen LogP) is 2.91. The molecular weight excluding hydrogens is 322 g/mol. The van der Waals surface area contributed by atoms with Crippen LogP contribution in [-0.2, 0) is 4.74 Å². The summed E-state index contributed by atoms with van der Waals surface area (Å²) in [4.78, 5) is 18.9. The minimum absolute atomic E-state index is 0.00833. The molecule has 1 fully saturated rings. The zero-order valence-corrected chi connectivity index (χ0v) is 14.9. The van der Waals surface area contributed by atoms with Crippen molar-refractivity contribution in [1.82, 2.24) is 10.3 Å². The van der Waals surface area contributed by atoms with Crippen molar-refractivity contribution in [2.24, 2.45) is 11.7 Å². The molecule has 2 aromatic heterocycles. The van der Waals surface area contributed by atoms with Crippen LogP contribution in [0.25, 0.3) is 10.2 Å². The van der Waals surface area contributed by atoms with Crippen LogP contribution in [0.1, 0.15) is 46.8 Å². The topological polar surface area (TPSA) is 77.2 Å². The number of rotatable bonds is 6. The molecule has 1 saturated carbocycles. The van der Waals surface area contributed by atoms with Gasteiger partial charge in [0, 0.05) is 25.2 Å². The van der Waals surface area contributed by atoms with Crippen molar-refractivity contribution >= 4 is 27.5 Å². The van der Waals surface area contributed by atoms with Crippen LogP contribution < -0.4 is 11.1 Å². The largest absolute Gasteiger partial charge is 0.383 e. The zero-order valence-electron chi connectivity index (χ0n) is 14.1. The molecule has 2 heterocycles. The summed E-state index contributed by atoms with van der Waals surface area (Å²) in [5.74, 6) is 1.04. The minimum Gasteiger partial charge on any atom is -0.383 e. The van der Waals surface area contributed by atoms with Gasteiger partial charge in [-0.05, 0) is 55.7 Å². The van der Waals surface area contributed by atoms with E-state index in [-0.39, 0.29) is 5.91 Å². The van der Waals surface area contributed by atoms with E-state index in [1.54, 1.807) is 13.3 Å². The van der Waals surface area contributed by atoms with Crippen molar-refractivity contribution in [3.8, 4) is 0 Å². The van der Waals surface area contributed by atoms with E-state index in [2.05, 4.69) is 16.4 Å². The van der Waals surface area contributed by atoms with Crippen LogP contribution in [0.15, 0.2) is 18.3 Å². The smallest absolute Gasteiger partial charge is 0.261 e. The Morgan fingerprint density at radius 3 is 2.92 bits per heavy atom. The number of hydrogen-bond acceptors (Lipinski definition) is 5. The number of nitrogens with one attached hydrogen (secondary N) is 1. The van der Waals surface area contributed by atoms with E-state index >= 15 is 0 Å². The summed E-state index contributed by atoms with van der Waals surface area (Å²) >= 11 is 1.50. The number of hydrogen-bond donors (Lipinski definition) is 2. The van der Waals surface area contributed by atoms with E-state index in [0.717, 1.165) is 47.3 Å². The highest BCUT2D eigenvalue weighted by atomic mass is 32.1. The lowest BCUT2D eigenvalue weighted by Crippen LogP contribution is -2.28. The van der Waals surface area contributed by atoms with Crippen molar-refractivity contribution < 1.29 is 9.53 Å². The Hall–Kier alpha value is -1.50. The molecule has 0 spiro atoms. The summed E-state index contributed by atoms with van der Waals surface area (Å²) in [6.45, 7) is 1.81. The Morgan fingerprint density at radius 1 is 1.42 bits per heavy atom. The zero-order chi connectivity index (χ0) is 16.9. The van der Waals surface area contributed by atoms with Gasteiger partial charge in [0.25, 0.3) is 5.91 Å². The van der Waals surface area contributed by atoms with Gasteiger partial charge in [0.05, 0.1) is 11.5 Å². The minimum atomic E-state index is -0.00833. The summed E-state index contributed by atoms with van der Waals surface area (Å²) in [5, 5.41) is 4.09. The van der Waals surface area contributed by atoms with Crippen LogP contribution in [0.5, 0.6) is 0 Å². The predicted molar refractivity (Wildman–Crippen MR) is 97.6 cm³/mol. The van der Waals surface area contributed by atoms with Crippen LogP contribution in [0.4, 0.5) is 0 Å². The Balaban J connectivity index is 1.89. The van der Waals surface area contributed by atoms with Crippen molar-refractivity contribution in [2.45, 2.75) is 31.6 Å². The number of aromatic nitrogens is 1. The van der Waals surface area contributed by atoms with Gasteiger partial charge in [-0.15, -0.1) is 11.3 Å². The van der Waals surface area contributed by atoms with Gasteiger partial charge in [0.15, 0.2) is 0 Å². The molecule has 1 aliphatic carbocycles. The van der Waals surface area contributed by atoms with E-state index in [1.165, 1.54) is 16.9 Å². The highest BCUT2D eigenvalue weighted by Crippen LogP contribution is 2.42. The average molecular weight is 347 g/mol. The van der Waals surface area contributed by atoms with Crippen molar-refractivity contribution in [2.75, 3.05) is 26.8 Å². The van der Waals surface area contributed by atoms with Crippen molar-refractivity contribution in [3.63, 3.8) is 0 Å². The number of methoxy groups -OCH3 is 1. The number of ether oxygens (including phenoxy) is 1. The summed E-state index contributed by atoms with van der Waals surface area (Å²) < 4.78 is 5.02. The third-order valence-corrected chi connectivity index (χ3v) is 6.02. The van der Waals surface area contributed by atoms with Crippen LogP contribution in [0, 0.1) is 5.92 Å². The van der Waals surface area contributed by atoms with Gasteiger partial charge in [-0.25, -0.2) is 4.98 Å². The van der Waals surface area contributed by atoms with Crippen LogP contribution in [0.3, 0.4) is 0 Å². The van der Waals surface area contributed by atoms with Gasteiger partial charge < -0.3 is 15.8 Å². The van der Waals surface area contributed by atoms with E-state index in [0.29, 0.717) is 25.0 Å². The third kappa shape index (κ3) is 3.61. The van der Waals surface area contributed by atoms with E-state index in [9.17, 15) is 4.79 Å². The fraction of sp³-hybridized carbons (Fsp3) is 0.556. The lowest BCUT2D eigenvalue weighted by atomic mass is 9.78. The summed E-state index contributed by atoms with van der Waals surface area (Å²) in [7, 11) is 1.64. The van der Waals surface area contributed by atoms with Crippen molar-refractivity contribution in [1.29, 1.82) is 0 Å². The van der Waals surface area contributed by atoms with Crippen LogP contribution >= 0.6 is 11.3 Å². The van der Waals surface area contributed by atoms with Gasteiger partial charge in [-0.3, -0.25) is 4.79 Å². The maximum absolute atomic E-state index is 12.7. The van der Waals surface area contributed by atoms with Gasteiger partial charge in [0.1, 0.15) is 4.83 Å². The second-order valence-electron chi connectivity index (χ2n) is 6.40. The van der Waals surface area contributed by atoms with E-state index in [4.69, 9.17) is 10.5 Å². The fourth-order valence-electron chi connectivity index (χ4n) is 3.56. The summed E-state index contributed by atoms with van der Waals surface area (Å²) in [5.41, 5.74) is 7.01. The van der Waals surface area contributed by atoms with E-state index in [1.807, 2.05) is 6.07 Å².